The molecule has 3 aromatic carbocycles. The third-order valence-corrected chi connectivity index (χ3v) is 3.81. The van der Waals surface area contributed by atoms with Gasteiger partial charge in [-0.15, -0.1) is 0 Å². The molecule has 3 aromatic rings. The van der Waals surface area contributed by atoms with Crippen molar-refractivity contribution in [2.75, 3.05) is 0 Å². The van der Waals surface area contributed by atoms with Gasteiger partial charge in [-0.3, -0.25) is 0 Å². The van der Waals surface area contributed by atoms with Gasteiger partial charge in [0.2, 0.25) is 12.2 Å². The van der Waals surface area contributed by atoms with Crippen LogP contribution in [0.3, 0.4) is 0 Å². The van der Waals surface area contributed by atoms with E-state index in [9.17, 15) is 19.2 Å². The van der Waals surface area contributed by atoms with Gasteiger partial charge in [0, 0.05) is 0 Å². The zero-order valence-corrected chi connectivity index (χ0v) is 15.3. The fraction of sp³-hybridized carbons (Fsp3) is 0. The van der Waals surface area contributed by atoms with Crippen LogP contribution in [0.5, 0.6) is 11.5 Å². The molecule has 0 bridgehead atoms. The zero-order valence-electron chi connectivity index (χ0n) is 15.3. The van der Waals surface area contributed by atoms with Crippen molar-refractivity contribution in [3.63, 3.8) is 0 Å². The molecule has 0 atom stereocenters. The molecule has 0 spiro atoms. The predicted molar refractivity (Wildman–Crippen MR) is 105 cm³/mol. The number of aliphatic imine (C=N–C) groups is 2. The summed E-state index contributed by atoms with van der Waals surface area (Å²) in [4.78, 5) is 52.5. The van der Waals surface area contributed by atoms with Crippen molar-refractivity contribution in [1.82, 2.24) is 0 Å². The van der Waals surface area contributed by atoms with Gasteiger partial charge in [-0.2, -0.15) is 9.98 Å². The van der Waals surface area contributed by atoms with Gasteiger partial charge >= 0.3 is 11.9 Å². The van der Waals surface area contributed by atoms with Crippen LogP contribution in [0, 0.1) is 0 Å². The quantitative estimate of drug-likeness (QED) is 0.267. The molecule has 0 aromatic heterocycles. The molecule has 0 heterocycles. The van der Waals surface area contributed by atoms with E-state index < -0.39 is 11.9 Å². The highest BCUT2D eigenvalue weighted by Gasteiger charge is 2.20. The van der Waals surface area contributed by atoms with Crippen LogP contribution in [0.2, 0.25) is 0 Å². The normalized spacial score (nSPS) is 9.60. The summed E-state index contributed by atoms with van der Waals surface area (Å²) in [6.45, 7) is 0. The second kappa shape index (κ2) is 9.52. The molecule has 0 aliphatic rings. The van der Waals surface area contributed by atoms with E-state index in [1.54, 1.807) is 12.1 Å². The molecule has 8 heteroatoms. The van der Waals surface area contributed by atoms with E-state index in [4.69, 9.17) is 9.47 Å². The highest BCUT2D eigenvalue weighted by atomic mass is 16.5. The number of ether oxygens (including phenoxy) is 2. The van der Waals surface area contributed by atoms with Gasteiger partial charge in [0.25, 0.3) is 0 Å². The summed E-state index contributed by atoms with van der Waals surface area (Å²) in [5.74, 6) is -1.10. The molecule has 0 radical (unpaired) electrons. The van der Waals surface area contributed by atoms with E-state index in [0.29, 0.717) is 11.4 Å². The van der Waals surface area contributed by atoms with Crippen LogP contribution in [-0.2, 0) is 9.59 Å². The van der Waals surface area contributed by atoms with Crippen LogP contribution in [0.4, 0.5) is 11.4 Å². The Kier molecular flexibility index (Phi) is 6.38. The minimum atomic E-state index is -0.759. The van der Waals surface area contributed by atoms with Crippen molar-refractivity contribution in [3.05, 3.63) is 83.9 Å². The Balaban J connectivity index is 1.77. The molecule has 0 aliphatic carbocycles. The van der Waals surface area contributed by atoms with Gasteiger partial charge in [0.15, 0.2) is 0 Å². The molecule has 0 saturated heterocycles. The van der Waals surface area contributed by atoms with E-state index in [-0.39, 0.29) is 22.6 Å². The molecule has 0 fully saturated rings. The lowest BCUT2D eigenvalue weighted by molar-refractivity contribution is 0.0692. The lowest BCUT2D eigenvalue weighted by atomic mass is 10.1. The Morgan fingerprint density at radius 2 is 0.967 bits per heavy atom. The summed E-state index contributed by atoms with van der Waals surface area (Å²) >= 11 is 0. The molecule has 8 nitrogen and oxygen atoms in total. The first-order valence-corrected chi connectivity index (χ1v) is 8.50. The highest BCUT2D eigenvalue weighted by molar-refractivity contribution is 6.04. The van der Waals surface area contributed by atoms with Gasteiger partial charge in [-0.1, -0.05) is 12.1 Å². The minimum absolute atomic E-state index is 0.0136. The third-order valence-electron chi connectivity index (χ3n) is 3.81. The molecule has 0 aliphatic heterocycles. The molecular weight excluding hydrogens is 388 g/mol. The number of isocyanates is 2. The van der Waals surface area contributed by atoms with Crippen molar-refractivity contribution in [1.29, 1.82) is 0 Å². The average molecular weight is 400 g/mol. The summed E-state index contributed by atoms with van der Waals surface area (Å²) in [5.41, 5.74) is 0.747. The maximum absolute atomic E-state index is 12.6. The number of nitrogens with zero attached hydrogens (tertiary/aromatic N) is 2. The number of carbonyl (C=O) groups excluding carboxylic acids is 4. The number of hydrogen-bond acceptors (Lipinski definition) is 8. The Bertz CT molecular complexity index is 1080. The first-order chi connectivity index (χ1) is 14.6. The van der Waals surface area contributed by atoms with Crippen LogP contribution in [0.15, 0.2) is 82.8 Å². The summed E-state index contributed by atoms with van der Waals surface area (Å²) in [5, 5.41) is 0. The SMILES string of the molecule is O=C=Nc1ccc(OC(=O)c2ccccc2C(=O)Oc2ccc(N=C=O)cc2)cc1. The summed E-state index contributed by atoms with van der Waals surface area (Å²) in [6.07, 6.45) is 2.83. The van der Waals surface area contributed by atoms with E-state index in [0.717, 1.165) is 0 Å². The van der Waals surface area contributed by atoms with Crippen LogP contribution in [-0.4, -0.2) is 24.1 Å². The number of esters is 2. The molecule has 0 amide bonds. The van der Waals surface area contributed by atoms with Crippen molar-refractivity contribution in [3.8, 4) is 11.5 Å². The Hall–Kier alpha value is -4.64. The molecule has 30 heavy (non-hydrogen) atoms. The molecular formula is C22H12N2O6. The number of benzene rings is 3. The fourth-order valence-electron chi connectivity index (χ4n) is 2.45. The van der Waals surface area contributed by atoms with E-state index >= 15 is 0 Å². The van der Waals surface area contributed by atoms with E-state index in [1.807, 2.05) is 0 Å². The number of hydrogen-bond donors (Lipinski definition) is 0. The molecule has 0 unspecified atom stereocenters. The van der Waals surface area contributed by atoms with Crippen LogP contribution in [0.1, 0.15) is 20.7 Å². The summed E-state index contributed by atoms with van der Waals surface area (Å²) < 4.78 is 10.6. The molecule has 146 valence electrons. The van der Waals surface area contributed by atoms with Gasteiger partial charge in [0.1, 0.15) is 11.5 Å². The largest absolute Gasteiger partial charge is 0.423 e. The van der Waals surface area contributed by atoms with Crippen molar-refractivity contribution in [2.24, 2.45) is 9.98 Å². The average Bonchev–Trinajstić information content (AvgIpc) is 2.77. The maximum Gasteiger partial charge on any atom is 0.344 e. The zero-order chi connectivity index (χ0) is 21.3. The van der Waals surface area contributed by atoms with Crippen molar-refractivity contribution < 1.29 is 28.7 Å². The first kappa shape index (κ1) is 20.1. The van der Waals surface area contributed by atoms with E-state index in [1.165, 1.54) is 72.8 Å². The Morgan fingerprint density at radius 1 is 0.600 bits per heavy atom. The number of carbonyl (C=O) groups is 2. The first-order valence-electron chi connectivity index (χ1n) is 8.50. The number of rotatable bonds is 6. The minimum Gasteiger partial charge on any atom is -0.423 e. The van der Waals surface area contributed by atoms with Crippen molar-refractivity contribution in [2.45, 2.75) is 0 Å². The van der Waals surface area contributed by atoms with E-state index in [2.05, 4.69) is 9.98 Å². The van der Waals surface area contributed by atoms with Gasteiger partial charge in [-0.25, -0.2) is 19.2 Å². The van der Waals surface area contributed by atoms with Gasteiger partial charge in [0.05, 0.1) is 22.5 Å². The summed E-state index contributed by atoms with van der Waals surface area (Å²) in [7, 11) is 0. The second-order valence-corrected chi connectivity index (χ2v) is 5.72. The van der Waals surface area contributed by atoms with Gasteiger partial charge in [-0.05, 0) is 60.7 Å². The lowest BCUT2D eigenvalue weighted by Crippen LogP contribution is -2.17. The smallest absolute Gasteiger partial charge is 0.344 e. The molecule has 0 N–H and O–H groups in total. The predicted octanol–water partition coefficient (Wildman–Crippen LogP) is 4.06. The van der Waals surface area contributed by atoms with Crippen LogP contribution >= 0.6 is 0 Å². The molecule has 0 saturated carbocycles. The maximum atomic E-state index is 12.6. The van der Waals surface area contributed by atoms with Gasteiger partial charge < -0.3 is 9.47 Å². The Morgan fingerprint density at radius 3 is 1.30 bits per heavy atom. The standard InChI is InChI=1S/C22H12N2O6/c25-13-23-15-5-9-17(10-6-15)29-21(27)19-3-1-2-4-20(19)22(28)30-18-11-7-16(8-12-18)24-14-26/h1-12H. The second-order valence-electron chi connectivity index (χ2n) is 5.72. The summed E-state index contributed by atoms with van der Waals surface area (Å²) in [6, 6.07) is 17.8. The third kappa shape index (κ3) is 4.99. The van der Waals surface area contributed by atoms with Crippen LogP contribution in [0.25, 0.3) is 0 Å². The lowest BCUT2D eigenvalue weighted by Gasteiger charge is -2.09. The van der Waals surface area contributed by atoms with Crippen LogP contribution < -0.4 is 9.47 Å². The topological polar surface area (TPSA) is 111 Å². The molecule has 3 rings (SSSR count). The fourth-order valence-corrected chi connectivity index (χ4v) is 2.45. The highest BCUT2D eigenvalue weighted by Crippen LogP contribution is 2.22. The monoisotopic (exact) mass is 400 g/mol. The Labute approximate surface area is 170 Å². The van der Waals surface area contributed by atoms with Crippen molar-refractivity contribution >= 4 is 35.5 Å².